The lowest BCUT2D eigenvalue weighted by molar-refractivity contribution is -0.143. The van der Waals surface area contributed by atoms with E-state index in [1.165, 1.54) is 23.3 Å². The van der Waals surface area contributed by atoms with Crippen molar-refractivity contribution in [3.05, 3.63) is 35.1 Å². The molecule has 0 spiro atoms. The van der Waals surface area contributed by atoms with Crippen molar-refractivity contribution >= 4 is 29.2 Å². The number of imide groups is 2. The Hall–Kier alpha value is -2.81. The summed E-state index contributed by atoms with van der Waals surface area (Å²) in [6.07, 6.45) is 7.10. The molecule has 0 aromatic carbocycles. The molecule has 8 nitrogen and oxygen atoms in total. The van der Waals surface area contributed by atoms with E-state index in [0.717, 1.165) is 33.9 Å². The van der Waals surface area contributed by atoms with E-state index in [4.69, 9.17) is 4.52 Å². The van der Waals surface area contributed by atoms with Crippen LogP contribution in [0.2, 0.25) is 0 Å². The van der Waals surface area contributed by atoms with Gasteiger partial charge in [-0.2, -0.15) is 4.98 Å². The third-order valence-corrected chi connectivity index (χ3v) is 5.55. The Morgan fingerprint density at radius 1 is 1.15 bits per heavy atom. The number of hydrogen-bond acceptors (Lipinski definition) is 7. The standard InChI is InChI=1S/C18H18N4O4S/c23-16-17(24)22(11-14-19-15(20-26-14)13-7-4-10-27-13)18(25)21(16)9-8-12-5-2-1-3-6-12/h4-5,7,10H,1-3,6,8-9,11H2. The molecule has 4 amide bonds. The molecule has 3 heterocycles. The number of thiophene rings is 1. The van der Waals surface area contributed by atoms with Crippen LogP contribution < -0.4 is 0 Å². The van der Waals surface area contributed by atoms with Crippen molar-refractivity contribution in [3.8, 4) is 10.7 Å². The van der Waals surface area contributed by atoms with Crippen LogP contribution in [0.1, 0.15) is 38.0 Å². The summed E-state index contributed by atoms with van der Waals surface area (Å²) in [4.78, 5) is 43.9. The van der Waals surface area contributed by atoms with E-state index in [1.807, 2.05) is 17.5 Å². The van der Waals surface area contributed by atoms with Gasteiger partial charge in [0.05, 0.1) is 4.88 Å². The molecular formula is C18H18N4O4S. The van der Waals surface area contributed by atoms with E-state index >= 15 is 0 Å². The van der Waals surface area contributed by atoms with Crippen LogP contribution in [0.5, 0.6) is 0 Å². The van der Waals surface area contributed by atoms with Crippen LogP contribution in [0.4, 0.5) is 4.79 Å². The second-order valence-electron chi connectivity index (χ2n) is 6.48. The topological polar surface area (TPSA) is 96.6 Å². The van der Waals surface area contributed by atoms with Crippen molar-refractivity contribution < 1.29 is 18.9 Å². The molecular weight excluding hydrogens is 368 g/mol. The number of urea groups is 1. The molecule has 1 saturated heterocycles. The van der Waals surface area contributed by atoms with Crippen LogP contribution in [0.3, 0.4) is 0 Å². The fraction of sp³-hybridized carbons (Fsp3) is 0.389. The summed E-state index contributed by atoms with van der Waals surface area (Å²) in [6.45, 7) is 0.0109. The molecule has 2 aromatic heterocycles. The average Bonchev–Trinajstić information content (AvgIpc) is 3.40. The van der Waals surface area contributed by atoms with Gasteiger partial charge in [-0.3, -0.25) is 14.5 Å². The Balaban J connectivity index is 1.42. The zero-order chi connectivity index (χ0) is 18.8. The lowest BCUT2D eigenvalue weighted by Gasteiger charge is -2.17. The predicted molar refractivity (Wildman–Crippen MR) is 96.4 cm³/mol. The first-order chi connectivity index (χ1) is 13.1. The highest BCUT2D eigenvalue weighted by atomic mass is 32.1. The molecule has 140 valence electrons. The number of nitrogens with zero attached hydrogens (tertiary/aromatic N) is 4. The van der Waals surface area contributed by atoms with Gasteiger partial charge < -0.3 is 4.52 Å². The number of amides is 4. The number of hydrogen-bond donors (Lipinski definition) is 0. The van der Waals surface area contributed by atoms with E-state index in [2.05, 4.69) is 16.2 Å². The summed E-state index contributed by atoms with van der Waals surface area (Å²) < 4.78 is 5.13. The van der Waals surface area contributed by atoms with Gasteiger partial charge in [-0.05, 0) is 43.6 Å². The summed E-state index contributed by atoms with van der Waals surface area (Å²) in [7, 11) is 0. The van der Waals surface area contributed by atoms with E-state index in [0.29, 0.717) is 12.2 Å². The van der Waals surface area contributed by atoms with Gasteiger partial charge >= 0.3 is 17.8 Å². The van der Waals surface area contributed by atoms with Gasteiger partial charge in [0.15, 0.2) is 0 Å². The minimum Gasteiger partial charge on any atom is -0.337 e. The molecule has 9 heteroatoms. The van der Waals surface area contributed by atoms with Gasteiger partial charge in [0, 0.05) is 6.54 Å². The first-order valence-electron chi connectivity index (χ1n) is 8.85. The van der Waals surface area contributed by atoms with Gasteiger partial charge in [0.1, 0.15) is 6.54 Å². The Morgan fingerprint density at radius 2 is 2.00 bits per heavy atom. The maximum atomic E-state index is 12.5. The fourth-order valence-corrected chi connectivity index (χ4v) is 3.88. The van der Waals surface area contributed by atoms with Gasteiger partial charge in [0.2, 0.25) is 11.7 Å². The summed E-state index contributed by atoms with van der Waals surface area (Å²) in [5, 5.41) is 5.74. The van der Waals surface area contributed by atoms with Crippen LogP contribution in [0.15, 0.2) is 33.7 Å². The molecule has 2 aliphatic rings. The Kier molecular flexibility index (Phi) is 4.85. The normalized spacial score (nSPS) is 17.8. The van der Waals surface area contributed by atoms with Crippen LogP contribution in [-0.4, -0.2) is 44.3 Å². The first-order valence-corrected chi connectivity index (χ1v) is 9.73. The maximum Gasteiger partial charge on any atom is 0.334 e. The van der Waals surface area contributed by atoms with Crippen molar-refractivity contribution in [1.82, 2.24) is 19.9 Å². The van der Waals surface area contributed by atoms with Crippen LogP contribution >= 0.6 is 11.3 Å². The molecule has 1 aliphatic heterocycles. The lowest BCUT2D eigenvalue weighted by atomic mass is 9.97. The Bertz CT molecular complexity index is 902. The quantitative estimate of drug-likeness (QED) is 0.430. The van der Waals surface area contributed by atoms with Crippen molar-refractivity contribution in [2.75, 3.05) is 6.54 Å². The second-order valence-corrected chi connectivity index (χ2v) is 7.43. The number of carbonyl (C=O) groups excluding carboxylic acids is 3. The molecule has 27 heavy (non-hydrogen) atoms. The minimum absolute atomic E-state index is 0.115. The monoisotopic (exact) mass is 386 g/mol. The summed E-state index contributed by atoms with van der Waals surface area (Å²) in [6, 6.07) is 3.08. The highest BCUT2D eigenvalue weighted by Crippen LogP contribution is 2.24. The zero-order valence-electron chi connectivity index (χ0n) is 14.6. The van der Waals surface area contributed by atoms with Crippen LogP contribution in [0, 0.1) is 0 Å². The molecule has 0 atom stereocenters. The second kappa shape index (κ2) is 7.43. The van der Waals surface area contributed by atoms with Gasteiger partial charge in [0.25, 0.3) is 0 Å². The first kappa shape index (κ1) is 17.6. The van der Waals surface area contributed by atoms with Crippen LogP contribution in [0.25, 0.3) is 10.7 Å². The molecule has 1 fully saturated rings. The van der Waals surface area contributed by atoms with E-state index in [1.54, 1.807) is 0 Å². The molecule has 0 N–H and O–H groups in total. The smallest absolute Gasteiger partial charge is 0.334 e. The lowest BCUT2D eigenvalue weighted by Crippen LogP contribution is -2.34. The fourth-order valence-electron chi connectivity index (χ4n) is 3.23. The molecule has 0 radical (unpaired) electrons. The van der Waals surface area contributed by atoms with Crippen molar-refractivity contribution in [1.29, 1.82) is 0 Å². The van der Waals surface area contributed by atoms with E-state index < -0.39 is 17.8 Å². The predicted octanol–water partition coefficient (Wildman–Crippen LogP) is 2.98. The maximum absolute atomic E-state index is 12.5. The molecule has 2 aromatic rings. The highest BCUT2D eigenvalue weighted by molar-refractivity contribution is 7.13. The summed E-state index contributed by atoms with van der Waals surface area (Å²) in [5.41, 5.74) is 1.24. The number of rotatable bonds is 6. The molecule has 1 aliphatic carbocycles. The molecule has 0 bridgehead atoms. The number of allylic oxidation sites excluding steroid dienone is 1. The molecule has 0 saturated carbocycles. The number of aromatic nitrogens is 2. The summed E-state index contributed by atoms with van der Waals surface area (Å²) in [5.74, 6) is -1.14. The largest absolute Gasteiger partial charge is 0.337 e. The van der Waals surface area contributed by atoms with Crippen molar-refractivity contribution in [2.24, 2.45) is 0 Å². The Labute approximate surface area is 159 Å². The van der Waals surface area contributed by atoms with Crippen molar-refractivity contribution in [2.45, 2.75) is 38.6 Å². The van der Waals surface area contributed by atoms with Crippen LogP contribution in [-0.2, 0) is 16.1 Å². The van der Waals surface area contributed by atoms with Gasteiger partial charge in [-0.1, -0.05) is 22.9 Å². The minimum atomic E-state index is -0.853. The third-order valence-electron chi connectivity index (χ3n) is 4.68. The zero-order valence-corrected chi connectivity index (χ0v) is 15.4. The summed E-state index contributed by atoms with van der Waals surface area (Å²) >= 11 is 1.45. The average molecular weight is 386 g/mol. The van der Waals surface area contributed by atoms with E-state index in [9.17, 15) is 14.4 Å². The highest BCUT2D eigenvalue weighted by Gasteiger charge is 2.44. The molecule has 0 unspecified atom stereocenters. The van der Waals surface area contributed by atoms with Gasteiger partial charge in [-0.25, -0.2) is 9.69 Å². The SMILES string of the molecule is O=C1C(=O)N(Cc2nc(-c3cccs3)no2)C(=O)N1CCC1=CCCCC1. The molecule has 4 rings (SSSR count). The third kappa shape index (κ3) is 3.55. The van der Waals surface area contributed by atoms with Crippen molar-refractivity contribution in [3.63, 3.8) is 0 Å². The van der Waals surface area contributed by atoms with Gasteiger partial charge in [-0.15, -0.1) is 11.3 Å². The number of carbonyl (C=O) groups is 3. The Morgan fingerprint density at radius 3 is 2.74 bits per heavy atom. The van der Waals surface area contributed by atoms with E-state index in [-0.39, 0.29) is 19.0 Å².